The number of aryl methyl sites for hydroxylation is 1. The number of carbonyl (C=O) groups excluding carboxylic acids is 1. The molecule has 0 unspecified atom stereocenters. The third-order valence-corrected chi connectivity index (χ3v) is 2.67. The summed E-state index contributed by atoms with van der Waals surface area (Å²) in [6.45, 7) is 1.86. The maximum atomic E-state index is 13.2. The molecule has 2 aromatic carbocycles. The van der Waals surface area contributed by atoms with Crippen LogP contribution in [0.4, 0.5) is 4.39 Å². The lowest BCUT2D eigenvalue weighted by atomic mass is 9.98. The minimum absolute atomic E-state index is 0.0715. The van der Waals surface area contributed by atoms with E-state index in [1.165, 1.54) is 18.2 Å². The van der Waals surface area contributed by atoms with Crippen molar-refractivity contribution >= 4 is 6.29 Å². The van der Waals surface area contributed by atoms with E-state index in [0.29, 0.717) is 17.4 Å². The van der Waals surface area contributed by atoms with Gasteiger partial charge in [-0.2, -0.15) is 0 Å². The predicted octanol–water partition coefficient (Wildman–Crippen LogP) is 3.32. The molecule has 1 N–H and O–H groups in total. The number of hydrogen-bond donors (Lipinski definition) is 1. The molecule has 0 fully saturated rings. The van der Waals surface area contributed by atoms with Gasteiger partial charge in [-0.25, -0.2) is 4.39 Å². The summed E-state index contributed by atoms with van der Waals surface area (Å²) in [4.78, 5) is 10.7. The van der Waals surface area contributed by atoms with E-state index in [9.17, 15) is 14.3 Å². The first-order chi connectivity index (χ1) is 8.11. The molecule has 17 heavy (non-hydrogen) atoms. The van der Waals surface area contributed by atoms with Gasteiger partial charge in [-0.3, -0.25) is 4.79 Å². The number of aldehydes is 1. The second kappa shape index (κ2) is 4.37. The molecular weight excluding hydrogens is 219 g/mol. The van der Waals surface area contributed by atoms with Gasteiger partial charge >= 0.3 is 0 Å². The molecule has 0 aliphatic heterocycles. The van der Waals surface area contributed by atoms with Crippen LogP contribution in [0.3, 0.4) is 0 Å². The molecule has 0 amide bonds. The highest BCUT2D eigenvalue weighted by Gasteiger charge is 2.07. The van der Waals surface area contributed by atoms with Gasteiger partial charge in [0.15, 0.2) is 6.29 Å². The van der Waals surface area contributed by atoms with Gasteiger partial charge in [0.1, 0.15) is 11.6 Å². The Morgan fingerprint density at radius 3 is 2.65 bits per heavy atom. The largest absolute Gasteiger partial charge is 0.507 e. The van der Waals surface area contributed by atoms with Crippen molar-refractivity contribution in [2.24, 2.45) is 0 Å². The van der Waals surface area contributed by atoms with Gasteiger partial charge in [0.05, 0.1) is 5.56 Å². The van der Waals surface area contributed by atoms with Gasteiger partial charge in [-0.05, 0) is 47.9 Å². The molecule has 0 bridgehead atoms. The van der Waals surface area contributed by atoms with E-state index >= 15 is 0 Å². The Balaban J connectivity index is 2.60. The zero-order chi connectivity index (χ0) is 12.4. The first kappa shape index (κ1) is 11.3. The second-order valence-electron chi connectivity index (χ2n) is 3.85. The van der Waals surface area contributed by atoms with Crippen molar-refractivity contribution in [1.29, 1.82) is 0 Å². The van der Waals surface area contributed by atoms with E-state index in [0.717, 1.165) is 5.56 Å². The smallest absolute Gasteiger partial charge is 0.153 e. The van der Waals surface area contributed by atoms with E-state index in [1.54, 1.807) is 18.2 Å². The van der Waals surface area contributed by atoms with Crippen molar-refractivity contribution in [3.8, 4) is 16.9 Å². The van der Waals surface area contributed by atoms with Crippen LogP contribution in [0.25, 0.3) is 11.1 Å². The molecule has 0 saturated carbocycles. The summed E-state index contributed by atoms with van der Waals surface area (Å²) in [6.07, 6.45) is 0.577. The highest BCUT2D eigenvalue weighted by molar-refractivity contribution is 5.83. The molecule has 0 atom stereocenters. The summed E-state index contributed by atoms with van der Waals surface area (Å²) in [5.74, 6) is -0.399. The van der Waals surface area contributed by atoms with E-state index in [-0.39, 0.29) is 17.1 Å². The number of carbonyl (C=O) groups is 1. The third-order valence-electron chi connectivity index (χ3n) is 2.67. The molecule has 86 valence electrons. The fourth-order valence-electron chi connectivity index (χ4n) is 1.72. The average molecular weight is 230 g/mol. The zero-order valence-electron chi connectivity index (χ0n) is 9.27. The SMILES string of the molecule is Cc1ccc(F)cc1-c1ccc(O)c(C=O)c1. The maximum absolute atomic E-state index is 13.2. The Morgan fingerprint density at radius 2 is 1.94 bits per heavy atom. The van der Waals surface area contributed by atoms with E-state index in [2.05, 4.69) is 0 Å². The number of phenolic OH excluding ortho intramolecular Hbond substituents is 1. The number of aromatic hydroxyl groups is 1. The van der Waals surface area contributed by atoms with Crippen molar-refractivity contribution < 1.29 is 14.3 Å². The van der Waals surface area contributed by atoms with E-state index < -0.39 is 0 Å². The molecule has 0 aromatic heterocycles. The first-order valence-corrected chi connectivity index (χ1v) is 5.16. The summed E-state index contributed by atoms with van der Waals surface area (Å²) >= 11 is 0. The molecule has 2 rings (SSSR count). The molecule has 3 heteroatoms. The molecule has 0 aliphatic carbocycles. The fraction of sp³-hybridized carbons (Fsp3) is 0.0714. The van der Waals surface area contributed by atoms with Crippen LogP contribution in [-0.2, 0) is 0 Å². The average Bonchev–Trinajstić information content (AvgIpc) is 2.33. The second-order valence-corrected chi connectivity index (χ2v) is 3.85. The predicted molar refractivity (Wildman–Crippen MR) is 63.6 cm³/mol. The molecule has 0 aliphatic rings. The molecular formula is C14H11FO2. The van der Waals surface area contributed by atoms with Crippen LogP contribution in [0.2, 0.25) is 0 Å². The van der Waals surface area contributed by atoms with E-state index in [4.69, 9.17) is 0 Å². The van der Waals surface area contributed by atoms with Crippen LogP contribution in [0.5, 0.6) is 5.75 Å². The van der Waals surface area contributed by atoms with Crippen molar-refractivity contribution in [3.05, 3.63) is 53.3 Å². The molecule has 2 nitrogen and oxygen atoms in total. The summed E-state index contributed by atoms with van der Waals surface area (Å²) in [7, 11) is 0. The van der Waals surface area contributed by atoms with Crippen molar-refractivity contribution in [3.63, 3.8) is 0 Å². The number of halogens is 1. The van der Waals surface area contributed by atoms with Crippen molar-refractivity contribution in [2.45, 2.75) is 6.92 Å². The normalized spacial score (nSPS) is 10.2. The quantitative estimate of drug-likeness (QED) is 0.803. The van der Waals surface area contributed by atoms with Crippen molar-refractivity contribution in [1.82, 2.24) is 0 Å². The standard InChI is InChI=1S/C14H11FO2/c1-9-2-4-12(15)7-13(9)10-3-5-14(17)11(6-10)8-16/h2-8,17H,1H3. The minimum Gasteiger partial charge on any atom is -0.507 e. The van der Waals surface area contributed by atoms with Crippen LogP contribution in [0, 0.1) is 12.7 Å². The van der Waals surface area contributed by atoms with Crippen LogP contribution in [-0.4, -0.2) is 11.4 Å². The zero-order valence-corrected chi connectivity index (χ0v) is 9.27. The number of hydrogen-bond acceptors (Lipinski definition) is 2. The molecule has 2 aromatic rings. The van der Waals surface area contributed by atoms with E-state index in [1.807, 2.05) is 6.92 Å². The van der Waals surface area contributed by atoms with Crippen LogP contribution in [0.1, 0.15) is 15.9 Å². The number of benzene rings is 2. The summed E-state index contributed by atoms with van der Waals surface area (Å²) in [5, 5.41) is 9.40. The lowest BCUT2D eigenvalue weighted by Gasteiger charge is -2.07. The molecule has 0 spiro atoms. The fourth-order valence-corrected chi connectivity index (χ4v) is 1.72. The van der Waals surface area contributed by atoms with Gasteiger partial charge < -0.3 is 5.11 Å². The van der Waals surface area contributed by atoms with Crippen LogP contribution in [0.15, 0.2) is 36.4 Å². The maximum Gasteiger partial charge on any atom is 0.153 e. The van der Waals surface area contributed by atoms with Gasteiger partial charge in [0.2, 0.25) is 0 Å². The first-order valence-electron chi connectivity index (χ1n) is 5.16. The third kappa shape index (κ3) is 2.18. The lowest BCUT2D eigenvalue weighted by molar-refractivity contribution is 0.112. The van der Waals surface area contributed by atoms with Crippen LogP contribution < -0.4 is 0 Å². The Morgan fingerprint density at radius 1 is 1.18 bits per heavy atom. The summed E-state index contributed by atoms with van der Waals surface area (Å²) in [6, 6.07) is 9.12. The Labute approximate surface area is 98.3 Å². The topological polar surface area (TPSA) is 37.3 Å². The highest BCUT2D eigenvalue weighted by atomic mass is 19.1. The molecule has 0 saturated heterocycles. The van der Waals surface area contributed by atoms with Crippen molar-refractivity contribution in [2.75, 3.05) is 0 Å². The van der Waals surface area contributed by atoms with Gasteiger partial charge in [0.25, 0.3) is 0 Å². The number of phenols is 1. The highest BCUT2D eigenvalue weighted by Crippen LogP contribution is 2.27. The summed E-state index contributed by atoms with van der Waals surface area (Å²) < 4.78 is 13.2. The molecule has 0 radical (unpaired) electrons. The van der Waals surface area contributed by atoms with Gasteiger partial charge in [-0.15, -0.1) is 0 Å². The number of rotatable bonds is 2. The minimum atomic E-state index is -0.327. The Hall–Kier alpha value is -2.16. The van der Waals surface area contributed by atoms with Crippen LogP contribution >= 0.6 is 0 Å². The molecule has 0 heterocycles. The Bertz CT molecular complexity index is 576. The Kier molecular flexibility index (Phi) is 2.91. The van der Waals surface area contributed by atoms with Gasteiger partial charge in [0, 0.05) is 0 Å². The van der Waals surface area contributed by atoms with Gasteiger partial charge in [-0.1, -0.05) is 12.1 Å². The monoisotopic (exact) mass is 230 g/mol. The lowest BCUT2D eigenvalue weighted by Crippen LogP contribution is -1.88. The summed E-state index contributed by atoms with van der Waals surface area (Å²) in [5.41, 5.74) is 2.54.